The van der Waals surface area contributed by atoms with E-state index in [1.54, 1.807) is 24.3 Å². The quantitative estimate of drug-likeness (QED) is 0.499. The van der Waals surface area contributed by atoms with Crippen molar-refractivity contribution >= 4 is 46.1 Å². The fourth-order valence-electron chi connectivity index (χ4n) is 2.01. The van der Waals surface area contributed by atoms with Crippen molar-refractivity contribution in [3.05, 3.63) is 64.7 Å². The van der Waals surface area contributed by atoms with Crippen molar-refractivity contribution in [2.75, 3.05) is 5.32 Å². The van der Waals surface area contributed by atoms with Crippen LogP contribution in [0.3, 0.4) is 0 Å². The minimum atomic E-state index is -0.311. The first-order chi connectivity index (χ1) is 11.4. The molecule has 5 nitrogen and oxygen atoms in total. The number of hydrazine groups is 1. The zero-order valence-electron chi connectivity index (χ0n) is 13.3. The van der Waals surface area contributed by atoms with Crippen LogP contribution in [0.5, 0.6) is 0 Å². The van der Waals surface area contributed by atoms with Gasteiger partial charge in [0, 0.05) is 16.8 Å². The van der Waals surface area contributed by atoms with Crippen LogP contribution in [-0.4, -0.2) is 16.0 Å². The largest absolute Gasteiger partial charge is 0.389 e. The maximum absolute atomic E-state index is 12.1. The Morgan fingerprint density at radius 1 is 0.958 bits per heavy atom. The minimum Gasteiger partial charge on any atom is -0.389 e. The van der Waals surface area contributed by atoms with E-state index in [4.69, 9.17) is 30.2 Å². The first-order valence-electron chi connectivity index (χ1n) is 7.22. The fraction of sp³-hybridized carbons (Fsp3) is 0.118. The second kappa shape index (κ2) is 7.85. The third-order valence-electron chi connectivity index (χ3n) is 3.57. The molecule has 0 saturated carbocycles. The predicted octanol–water partition coefficient (Wildman–Crippen LogP) is 2.57. The number of hydrogen-bond acceptors (Lipinski definition) is 3. The number of hydrogen-bond donors (Lipinski definition) is 4. The zero-order valence-corrected chi connectivity index (χ0v) is 15.0. The average Bonchev–Trinajstić information content (AvgIpc) is 2.57. The van der Waals surface area contributed by atoms with Gasteiger partial charge in [0.2, 0.25) is 0 Å². The van der Waals surface area contributed by atoms with Crippen molar-refractivity contribution in [2.45, 2.75) is 13.8 Å². The number of rotatable bonds is 3. The number of carbonyl (C=O) groups is 1. The van der Waals surface area contributed by atoms with Crippen LogP contribution < -0.4 is 21.9 Å². The van der Waals surface area contributed by atoms with Crippen molar-refractivity contribution in [3.8, 4) is 0 Å². The molecule has 0 radical (unpaired) electrons. The van der Waals surface area contributed by atoms with Gasteiger partial charge in [0.05, 0.1) is 0 Å². The number of benzene rings is 2. The summed E-state index contributed by atoms with van der Waals surface area (Å²) in [7, 11) is 0. The average molecular weight is 358 g/mol. The molecule has 0 unspecified atom stereocenters. The van der Waals surface area contributed by atoms with Gasteiger partial charge in [0.25, 0.3) is 5.91 Å². The molecule has 0 bridgehead atoms. The number of nitrogens with two attached hydrogens (primary N) is 1. The van der Waals surface area contributed by atoms with Crippen molar-refractivity contribution in [1.82, 2.24) is 10.9 Å². The van der Waals surface area contributed by atoms with E-state index in [-0.39, 0.29) is 5.91 Å². The minimum absolute atomic E-state index is 0.291. The Morgan fingerprint density at radius 3 is 2.21 bits per heavy atom. The summed E-state index contributed by atoms with van der Waals surface area (Å²) in [5.41, 5.74) is 15.1. The molecule has 2 aromatic carbocycles. The smallest absolute Gasteiger partial charge is 0.269 e. The van der Waals surface area contributed by atoms with Crippen LogP contribution in [0.2, 0.25) is 0 Å². The number of thiocarbonyl (C=S) groups is 2. The van der Waals surface area contributed by atoms with Gasteiger partial charge in [-0.2, -0.15) is 0 Å². The van der Waals surface area contributed by atoms with Crippen LogP contribution in [0.1, 0.15) is 27.0 Å². The summed E-state index contributed by atoms with van der Waals surface area (Å²) in [6.45, 7) is 4.03. The second-order valence-corrected chi connectivity index (χ2v) is 6.07. The molecule has 0 spiro atoms. The van der Waals surface area contributed by atoms with Crippen molar-refractivity contribution in [3.63, 3.8) is 0 Å². The van der Waals surface area contributed by atoms with E-state index in [9.17, 15) is 4.79 Å². The molecule has 0 heterocycles. The molecule has 0 aliphatic rings. The molecule has 0 aliphatic carbocycles. The van der Waals surface area contributed by atoms with E-state index in [2.05, 4.69) is 16.2 Å². The van der Waals surface area contributed by atoms with E-state index in [1.165, 1.54) is 0 Å². The maximum Gasteiger partial charge on any atom is 0.269 e. The third-order valence-corrected chi connectivity index (χ3v) is 4.01. The molecule has 0 saturated heterocycles. The Bertz CT molecular complexity index is 788. The van der Waals surface area contributed by atoms with Crippen LogP contribution >= 0.6 is 24.4 Å². The molecule has 5 N–H and O–H groups in total. The Kier molecular flexibility index (Phi) is 5.83. The highest BCUT2D eigenvalue weighted by atomic mass is 32.1. The maximum atomic E-state index is 12.1. The Hall–Kier alpha value is -2.51. The summed E-state index contributed by atoms with van der Waals surface area (Å²) in [6.07, 6.45) is 0. The molecule has 1 amide bonds. The monoisotopic (exact) mass is 358 g/mol. The van der Waals surface area contributed by atoms with Gasteiger partial charge in [-0.15, -0.1) is 0 Å². The summed E-state index contributed by atoms with van der Waals surface area (Å²) in [5.74, 6) is -0.311. The van der Waals surface area contributed by atoms with Gasteiger partial charge in [-0.1, -0.05) is 36.5 Å². The van der Waals surface area contributed by atoms with Gasteiger partial charge in [-0.05, 0) is 55.4 Å². The molecule has 0 fully saturated rings. The molecule has 0 aliphatic heterocycles. The predicted molar refractivity (Wildman–Crippen MR) is 105 cm³/mol. The molecule has 2 aromatic rings. The molecule has 24 heavy (non-hydrogen) atoms. The van der Waals surface area contributed by atoms with E-state index < -0.39 is 0 Å². The van der Waals surface area contributed by atoms with Gasteiger partial charge in [0.15, 0.2) is 5.11 Å². The molecular weight excluding hydrogens is 340 g/mol. The highest BCUT2D eigenvalue weighted by Crippen LogP contribution is 2.17. The number of anilines is 1. The standard InChI is InChI=1S/C17H18N4OS2/c1-10-4-3-5-14(11(10)2)19-17(24)21-20-16(22)13-8-6-12(7-9-13)15(18)23/h3-9H,1-2H3,(H2,18,23)(H,20,22)(H2,19,21,24). The van der Waals surface area contributed by atoms with Crippen LogP contribution in [0, 0.1) is 13.8 Å². The van der Waals surface area contributed by atoms with E-state index in [0.29, 0.717) is 21.2 Å². The first-order valence-corrected chi connectivity index (χ1v) is 8.03. The summed E-state index contributed by atoms with van der Waals surface area (Å²) in [5, 5.41) is 3.36. The lowest BCUT2D eigenvalue weighted by Crippen LogP contribution is -2.43. The van der Waals surface area contributed by atoms with E-state index in [0.717, 1.165) is 16.8 Å². The van der Waals surface area contributed by atoms with Crippen LogP contribution in [0.25, 0.3) is 0 Å². The zero-order chi connectivity index (χ0) is 17.7. The number of amides is 1. The molecule has 124 valence electrons. The molecule has 2 rings (SSSR count). The first kappa shape index (κ1) is 17.8. The van der Waals surface area contributed by atoms with Crippen LogP contribution in [-0.2, 0) is 0 Å². The fourth-order valence-corrected chi connectivity index (χ4v) is 2.31. The number of nitrogens with one attached hydrogen (secondary N) is 3. The molecule has 7 heteroatoms. The third kappa shape index (κ3) is 4.50. The highest BCUT2D eigenvalue weighted by molar-refractivity contribution is 7.80. The van der Waals surface area contributed by atoms with Gasteiger partial charge in [0.1, 0.15) is 4.99 Å². The number of aryl methyl sites for hydroxylation is 1. The lowest BCUT2D eigenvalue weighted by atomic mass is 10.1. The van der Waals surface area contributed by atoms with E-state index >= 15 is 0 Å². The summed E-state index contributed by atoms with van der Waals surface area (Å²) < 4.78 is 0. The lowest BCUT2D eigenvalue weighted by Gasteiger charge is -2.14. The van der Waals surface area contributed by atoms with Crippen molar-refractivity contribution in [2.24, 2.45) is 5.73 Å². The normalized spacial score (nSPS) is 9.92. The SMILES string of the molecule is Cc1cccc(NC(=S)NNC(=O)c2ccc(C(N)=S)cc2)c1C. The lowest BCUT2D eigenvalue weighted by molar-refractivity contribution is 0.0944. The van der Waals surface area contributed by atoms with Gasteiger partial charge < -0.3 is 11.1 Å². The van der Waals surface area contributed by atoms with Crippen LogP contribution in [0.4, 0.5) is 5.69 Å². The van der Waals surface area contributed by atoms with Crippen molar-refractivity contribution < 1.29 is 4.79 Å². The van der Waals surface area contributed by atoms with Crippen molar-refractivity contribution in [1.29, 1.82) is 0 Å². The topological polar surface area (TPSA) is 79.2 Å². The Labute approximate surface area is 151 Å². The summed E-state index contributed by atoms with van der Waals surface area (Å²) in [4.78, 5) is 12.4. The van der Waals surface area contributed by atoms with E-state index in [1.807, 2.05) is 32.0 Å². The molecule has 0 aromatic heterocycles. The summed E-state index contributed by atoms with van der Waals surface area (Å²) in [6, 6.07) is 12.6. The van der Waals surface area contributed by atoms with Crippen LogP contribution in [0.15, 0.2) is 42.5 Å². The summed E-state index contributed by atoms with van der Waals surface area (Å²) >= 11 is 10.1. The van der Waals surface area contributed by atoms with Gasteiger partial charge in [-0.25, -0.2) is 0 Å². The highest BCUT2D eigenvalue weighted by Gasteiger charge is 2.07. The second-order valence-electron chi connectivity index (χ2n) is 5.22. The Balaban J connectivity index is 1.92. The molecular formula is C17H18N4OS2. The van der Waals surface area contributed by atoms with Gasteiger partial charge in [-0.3, -0.25) is 15.6 Å². The molecule has 0 atom stereocenters. The van der Waals surface area contributed by atoms with Gasteiger partial charge >= 0.3 is 0 Å². The number of carbonyl (C=O) groups excluding carboxylic acids is 1. The Morgan fingerprint density at radius 2 is 1.58 bits per heavy atom.